The molecule has 0 saturated heterocycles. The SMILES string of the molecule is CCC(CCC(=O)NS(=O)(=O)C(F)(F)F)C(C)C. The number of amides is 1. The van der Waals surface area contributed by atoms with Crippen molar-refractivity contribution in [2.45, 2.75) is 45.5 Å². The van der Waals surface area contributed by atoms with Crippen LogP contribution in [0.2, 0.25) is 0 Å². The number of carbonyl (C=O) groups is 1. The van der Waals surface area contributed by atoms with Crippen LogP contribution in [0.5, 0.6) is 0 Å². The molecular weight excluding hydrogens is 271 g/mol. The molecule has 0 aromatic heterocycles. The first-order valence-corrected chi connectivity index (χ1v) is 7.11. The Labute approximate surface area is 105 Å². The predicted octanol–water partition coefficient (Wildman–Crippen LogP) is 2.41. The van der Waals surface area contributed by atoms with Gasteiger partial charge in [0.1, 0.15) is 0 Å². The Morgan fingerprint density at radius 1 is 1.28 bits per heavy atom. The minimum Gasteiger partial charge on any atom is -0.274 e. The molecule has 18 heavy (non-hydrogen) atoms. The summed E-state index contributed by atoms with van der Waals surface area (Å²) in [5.41, 5.74) is -5.45. The van der Waals surface area contributed by atoms with Crippen LogP contribution in [0.3, 0.4) is 0 Å². The van der Waals surface area contributed by atoms with Gasteiger partial charge in [0, 0.05) is 6.42 Å². The van der Waals surface area contributed by atoms with Crippen molar-refractivity contribution < 1.29 is 26.4 Å². The highest BCUT2D eigenvalue weighted by Gasteiger charge is 2.46. The van der Waals surface area contributed by atoms with Gasteiger partial charge in [0.2, 0.25) is 5.91 Å². The van der Waals surface area contributed by atoms with Gasteiger partial charge in [0.25, 0.3) is 0 Å². The summed E-state index contributed by atoms with van der Waals surface area (Å²) in [7, 11) is -5.57. The molecule has 0 aromatic rings. The van der Waals surface area contributed by atoms with Gasteiger partial charge >= 0.3 is 15.5 Å². The van der Waals surface area contributed by atoms with E-state index in [4.69, 9.17) is 0 Å². The molecule has 0 fully saturated rings. The van der Waals surface area contributed by atoms with Gasteiger partial charge in [-0.05, 0) is 18.3 Å². The third-order valence-electron chi connectivity index (χ3n) is 2.76. The minimum absolute atomic E-state index is 0.185. The van der Waals surface area contributed by atoms with Gasteiger partial charge in [0.05, 0.1) is 0 Å². The van der Waals surface area contributed by atoms with Crippen molar-refractivity contribution in [2.75, 3.05) is 0 Å². The Morgan fingerprint density at radius 3 is 2.11 bits per heavy atom. The molecule has 0 saturated carbocycles. The summed E-state index contributed by atoms with van der Waals surface area (Å²) in [4.78, 5) is 11.2. The molecule has 0 bridgehead atoms. The third kappa shape index (κ3) is 5.24. The summed E-state index contributed by atoms with van der Waals surface area (Å²) in [6, 6.07) is 0. The van der Waals surface area contributed by atoms with E-state index in [2.05, 4.69) is 0 Å². The van der Waals surface area contributed by atoms with Gasteiger partial charge in [-0.2, -0.15) is 21.6 Å². The molecule has 8 heteroatoms. The van der Waals surface area contributed by atoms with E-state index in [0.717, 1.165) is 11.1 Å². The van der Waals surface area contributed by atoms with Crippen molar-refractivity contribution in [3.8, 4) is 0 Å². The Balaban J connectivity index is 4.38. The average Bonchev–Trinajstić information content (AvgIpc) is 2.15. The van der Waals surface area contributed by atoms with E-state index in [9.17, 15) is 26.4 Å². The summed E-state index contributed by atoms with van der Waals surface area (Å²) in [5, 5.41) is 0. The lowest BCUT2D eigenvalue weighted by Gasteiger charge is -2.18. The standard InChI is InChI=1S/C10H18F3NO3S/c1-4-8(7(2)3)5-6-9(15)14-18(16,17)10(11,12)13/h7-8H,4-6H2,1-3H3,(H,14,15). The molecule has 1 amide bonds. The molecule has 0 spiro atoms. The fourth-order valence-corrected chi connectivity index (χ4v) is 2.10. The molecular formula is C10H18F3NO3S. The number of alkyl halides is 3. The molecule has 0 aliphatic heterocycles. The van der Waals surface area contributed by atoms with Gasteiger partial charge in [-0.1, -0.05) is 27.2 Å². The van der Waals surface area contributed by atoms with E-state index in [0.29, 0.717) is 12.3 Å². The zero-order valence-corrected chi connectivity index (χ0v) is 11.4. The van der Waals surface area contributed by atoms with Crippen LogP contribution in [0, 0.1) is 11.8 Å². The molecule has 0 rings (SSSR count). The lowest BCUT2D eigenvalue weighted by molar-refractivity contribution is -0.120. The molecule has 0 aliphatic rings. The summed E-state index contributed by atoms with van der Waals surface area (Å²) in [5.74, 6) is -0.641. The second kappa shape index (κ2) is 6.40. The van der Waals surface area contributed by atoms with Crippen molar-refractivity contribution in [1.29, 1.82) is 0 Å². The molecule has 0 aromatic carbocycles. The van der Waals surface area contributed by atoms with E-state index in [1.54, 1.807) is 0 Å². The monoisotopic (exact) mass is 289 g/mol. The van der Waals surface area contributed by atoms with Gasteiger partial charge in [0.15, 0.2) is 0 Å². The molecule has 0 heterocycles. The van der Waals surface area contributed by atoms with Crippen LogP contribution in [0.4, 0.5) is 13.2 Å². The highest BCUT2D eigenvalue weighted by Crippen LogP contribution is 2.23. The maximum absolute atomic E-state index is 12.0. The smallest absolute Gasteiger partial charge is 0.274 e. The van der Waals surface area contributed by atoms with Gasteiger partial charge in [-0.15, -0.1) is 0 Å². The van der Waals surface area contributed by atoms with Crippen LogP contribution in [0.25, 0.3) is 0 Å². The van der Waals surface area contributed by atoms with E-state index in [1.165, 1.54) is 0 Å². The van der Waals surface area contributed by atoms with Crippen molar-refractivity contribution in [3.05, 3.63) is 0 Å². The van der Waals surface area contributed by atoms with Gasteiger partial charge in [-0.3, -0.25) is 4.79 Å². The molecule has 108 valence electrons. The molecule has 1 atom stereocenters. The first kappa shape index (κ1) is 17.2. The van der Waals surface area contributed by atoms with E-state index in [-0.39, 0.29) is 12.3 Å². The Hall–Kier alpha value is -0.790. The summed E-state index contributed by atoms with van der Waals surface area (Å²) >= 11 is 0. The quantitative estimate of drug-likeness (QED) is 0.816. The minimum atomic E-state index is -5.57. The molecule has 0 aliphatic carbocycles. The fourth-order valence-electron chi connectivity index (χ4n) is 1.58. The Morgan fingerprint density at radius 2 is 1.78 bits per heavy atom. The van der Waals surface area contributed by atoms with Crippen LogP contribution in [-0.4, -0.2) is 19.8 Å². The molecule has 4 nitrogen and oxygen atoms in total. The first-order valence-electron chi connectivity index (χ1n) is 5.63. The number of sulfonamides is 1. The van der Waals surface area contributed by atoms with Gasteiger partial charge < -0.3 is 0 Å². The van der Waals surface area contributed by atoms with Crippen molar-refractivity contribution >= 4 is 15.9 Å². The second-order valence-corrected chi connectivity index (χ2v) is 6.10. The van der Waals surface area contributed by atoms with Crippen LogP contribution in [-0.2, 0) is 14.8 Å². The topological polar surface area (TPSA) is 63.2 Å². The normalized spacial score (nSPS) is 14.6. The van der Waals surface area contributed by atoms with Crippen molar-refractivity contribution in [2.24, 2.45) is 11.8 Å². The van der Waals surface area contributed by atoms with Crippen LogP contribution < -0.4 is 4.72 Å². The second-order valence-electron chi connectivity index (χ2n) is 4.43. The summed E-state index contributed by atoms with van der Waals surface area (Å²) in [6.45, 7) is 5.80. The predicted molar refractivity (Wildman–Crippen MR) is 61.0 cm³/mol. The Bertz CT molecular complexity index is 376. The maximum Gasteiger partial charge on any atom is 0.516 e. The zero-order chi connectivity index (χ0) is 14.6. The lowest BCUT2D eigenvalue weighted by Crippen LogP contribution is -2.40. The van der Waals surface area contributed by atoms with Gasteiger partial charge in [-0.25, -0.2) is 4.72 Å². The van der Waals surface area contributed by atoms with E-state index in [1.807, 2.05) is 20.8 Å². The number of nitrogens with one attached hydrogen (secondary N) is 1. The molecule has 0 radical (unpaired) electrons. The fraction of sp³-hybridized carbons (Fsp3) is 0.900. The Kier molecular flexibility index (Phi) is 6.12. The molecule has 1 unspecified atom stereocenters. The number of rotatable bonds is 6. The number of hydrogen-bond acceptors (Lipinski definition) is 3. The first-order chi connectivity index (χ1) is 8.01. The van der Waals surface area contributed by atoms with Crippen molar-refractivity contribution in [1.82, 2.24) is 4.72 Å². The van der Waals surface area contributed by atoms with E-state index < -0.39 is 21.4 Å². The number of halogens is 3. The maximum atomic E-state index is 12.0. The average molecular weight is 289 g/mol. The lowest BCUT2D eigenvalue weighted by atomic mass is 9.89. The largest absolute Gasteiger partial charge is 0.516 e. The number of carbonyl (C=O) groups excluding carboxylic acids is 1. The zero-order valence-electron chi connectivity index (χ0n) is 10.5. The van der Waals surface area contributed by atoms with Crippen LogP contribution in [0.15, 0.2) is 0 Å². The van der Waals surface area contributed by atoms with Crippen molar-refractivity contribution in [3.63, 3.8) is 0 Å². The number of hydrogen-bond donors (Lipinski definition) is 1. The van der Waals surface area contributed by atoms with Crippen LogP contribution in [0.1, 0.15) is 40.0 Å². The summed E-state index contributed by atoms with van der Waals surface area (Å²) < 4.78 is 58.3. The summed E-state index contributed by atoms with van der Waals surface area (Å²) in [6.07, 6.45) is 0.927. The molecule has 1 N–H and O–H groups in total. The van der Waals surface area contributed by atoms with Crippen LogP contribution >= 0.6 is 0 Å². The highest BCUT2D eigenvalue weighted by atomic mass is 32.2. The third-order valence-corrected chi connectivity index (χ3v) is 3.87. The van der Waals surface area contributed by atoms with E-state index >= 15 is 0 Å². The highest BCUT2D eigenvalue weighted by molar-refractivity contribution is 7.90.